The van der Waals surface area contributed by atoms with Gasteiger partial charge in [0.25, 0.3) is 5.91 Å². The number of aliphatic carboxylic acids is 1. The molecule has 0 aromatic carbocycles. The summed E-state index contributed by atoms with van der Waals surface area (Å²) in [5.41, 5.74) is 0. The number of carboxylic acid groups (broad SMARTS) is 1. The second kappa shape index (κ2) is 6.80. The maximum atomic E-state index is 11.9. The average Bonchev–Trinajstić information content (AvgIpc) is 2.82. The van der Waals surface area contributed by atoms with Gasteiger partial charge in [0.2, 0.25) is 0 Å². The van der Waals surface area contributed by atoms with Crippen molar-refractivity contribution in [2.75, 3.05) is 7.11 Å². The molecule has 1 heterocycles. The number of hydrogen-bond donors (Lipinski definition) is 2. The van der Waals surface area contributed by atoms with E-state index in [1.807, 2.05) is 0 Å². The Kier molecular flexibility index (Phi) is 5.38. The van der Waals surface area contributed by atoms with Crippen LogP contribution in [0, 0.1) is 0 Å². The summed E-state index contributed by atoms with van der Waals surface area (Å²) >= 11 is 1.21. The van der Waals surface area contributed by atoms with Crippen molar-refractivity contribution in [3.05, 3.63) is 29.0 Å². The van der Waals surface area contributed by atoms with E-state index in [2.05, 4.69) is 11.9 Å². The molecule has 0 bridgehead atoms. The van der Waals surface area contributed by atoms with Crippen molar-refractivity contribution < 1.29 is 19.4 Å². The number of carbonyl (C=O) groups excluding carboxylic acids is 1. The Morgan fingerprint density at radius 2 is 2.39 bits per heavy atom. The zero-order valence-corrected chi connectivity index (χ0v) is 10.8. The van der Waals surface area contributed by atoms with E-state index < -0.39 is 17.9 Å². The van der Waals surface area contributed by atoms with Crippen LogP contribution in [0.25, 0.3) is 0 Å². The standard InChI is InChI=1S/C12H15NO4S/c1-3-4-5-8(12(15)16)13-11(14)10-9(17-2)6-7-18-10/h3,6-8H,1,4-5H2,2H3,(H,13,14)(H,15,16). The Morgan fingerprint density at radius 1 is 1.67 bits per heavy atom. The molecule has 1 unspecified atom stereocenters. The van der Waals surface area contributed by atoms with Crippen molar-refractivity contribution >= 4 is 23.2 Å². The Morgan fingerprint density at radius 3 is 2.94 bits per heavy atom. The summed E-state index contributed by atoms with van der Waals surface area (Å²) in [7, 11) is 1.46. The van der Waals surface area contributed by atoms with Gasteiger partial charge in [-0.15, -0.1) is 17.9 Å². The fourth-order valence-electron chi connectivity index (χ4n) is 1.39. The number of nitrogens with one attached hydrogen (secondary N) is 1. The van der Waals surface area contributed by atoms with Gasteiger partial charge >= 0.3 is 5.97 Å². The molecule has 1 amide bonds. The van der Waals surface area contributed by atoms with Gasteiger partial charge in [0.15, 0.2) is 0 Å². The van der Waals surface area contributed by atoms with Crippen LogP contribution in [0.2, 0.25) is 0 Å². The molecule has 0 aliphatic heterocycles. The first-order chi connectivity index (χ1) is 8.60. The smallest absolute Gasteiger partial charge is 0.326 e. The number of thiophene rings is 1. The predicted molar refractivity (Wildman–Crippen MR) is 69.2 cm³/mol. The highest BCUT2D eigenvalue weighted by atomic mass is 32.1. The van der Waals surface area contributed by atoms with Crippen LogP contribution < -0.4 is 10.1 Å². The lowest BCUT2D eigenvalue weighted by Gasteiger charge is -2.13. The quantitative estimate of drug-likeness (QED) is 0.741. The summed E-state index contributed by atoms with van der Waals surface area (Å²) in [6.07, 6.45) is 2.46. The van der Waals surface area contributed by atoms with E-state index in [9.17, 15) is 9.59 Å². The molecule has 5 nitrogen and oxygen atoms in total. The molecule has 0 aliphatic carbocycles. The van der Waals surface area contributed by atoms with Crippen LogP contribution in [0.3, 0.4) is 0 Å². The zero-order chi connectivity index (χ0) is 13.5. The monoisotopic (exact) mass is 269 g/mol. The van der Waals surface area contributed by atoms with Gasteiger partial charge < -0.3 is 15.2 Å². The molecule has 1 aromatic heterocycles. The van der Waals surface area contributed by atoms with E-state index in [1.54, 1.807) is 17.5 Å². The molecular weight excluding hydrogens is 254 g/mol. The minimum Gasteiger partial charge on any atom is -0.495 e. The molecule has 0 saturated heterocycles. The van der Waals surface area contributed by atoms with Gasteiger partial charge in [0.1, 0.15) is 16.7 Å². The summed E-state index contributed by atoms with van der Waals surface area (Å²) in [5, 5.41) is 13.2. The van der Waals surface area contributed by atoms with Gasteiger partial charge in [-0.05, 0) is 24.3 Å². The average molecular weight is 269 g/mol. The Labute approximate surface area is 109 Å². The van der Waals surface area contributed by atoms with E-state index in [1.165, 1.54) is 18.4 Å². The maximum Gasteiger partial charge on any atom is 0.326 e. The van der Waals surface area contributed by atoms with E-state index in [-0.39, 0.29) is 0 Å². The molecular formula is C12H15NO4S. The molecule has 6 heteroatoms. The lowest BCUT2D eigenvalue weighted by molar-refractivity contribution is -0.139. The number of amides is 1. The van der Waals surface area contributed by atoms with Crippen LogP contribution in [-0.2, 0) is 4.79 Å². The number of methoxy groups -OCH3 is 1. The third-order valence-corrected chi connectivity index (χ3v) is 3.21. The van der Waals surface area contributed by atoms with E-state index in [4.69, 9.17) is 9.84 Å². The molecule has 18 heavy (non-hydrogen) atoms. The van der Waals surface area contributed by atoms with Crippen molar-refractivity contribution in [1.82, 2.24) is 5.32 Å². The lowest BCUT2D eigenvalue weighted by atomic mass is 10.1. The van der Waals surface area contributed by atoms with E-state index in [0.29, 0.717) is 23.5 Å². The first-order valence-electron chi connectivity index (χ1n) is 5.36. The molecule has 98 valence electrons. The largest absolute Gasteiger partial charge is 0.495 e. The minimum absolute atomic E-state index is 0.318. The van der Waals surface area contributed by atoms with Gasteiger partial charge in [-0.2, -0.15) is 0 Å². The number of hydrogen-bond acceptors (Lipinski definition) is 4. The fraction of sp³-hybridized carbons (Fsp3) is 0.333. The van der Waals surface area contributed by atoms with Crippen LogP contribution in [0.1, 0.15) is 22.5 Å². The van der Waals surface area contributed by atoms with E-state index >= 15 is 0 Å². The molecule has 2 N–H and O–H groups in total. The Balaban J connectivity index is 2.72. The molecule has 0 spiro atoms. The topological polar surface area (TPSA) is 75.6 Å². The summed E-state index contributed by atoms with van der Waals surface area (Å²) < 4.78 is 5.02. The SMILES string of the molecule is C=CCCC(NC(=O)c1sccc1OC)C(=O)O. The van der Waals surface area contributed by atoms with Gasteiger partial charge in [0.05, 0.1) is 7.11 Å². The summed E-state index contributed by atoms with van der Waals surface area (Å²) in [6.45, 7) is 3.52. The van der Waals surface area contributed by atoms with Crippen LogP contribution >= 0.6 is 11.3 Å². The highest BCUT2D eigenvalue weighted by molar-refractivity contribution is 7.12. The highest BCUT2D eigenvalue weighted by Gasteiger charge is 2.22. The number of rotatable bonds is 7. The molecule has 1 atom stereocenters. The molecule has 0 aliphatic rings. The maximum absolute atomic E-state index is 11.9. The summed E-state index contributed by atoms with van der Waals surface area (Å²) in [5.74, 6) is -1.04. The number of ether oxygens (including phenoxy) is 1. The molecule has 1 rings (SSSR count). The van der Waals surface area contributed by atoms with Crippen molar-refractivity contribution in [2.24, 2.45) is 0 Å². The molecule has 0 fully saturated rings. The number of carboxylic acids is 1. The third-order valence-electron chi connectivity index (χ3n) is 2.32. The summed E-state index contributed by atoms with van der Waals surface area (Å²) in [6, 6.07) is 0.751. The lowest BCUT2D eigenvalue weighted by Crippen LogP contribution is -2.40. The fourth-order valence-corrected chi connectivity index (χ4v) is 2.15. The van der Waals surface area contributed by atoms with Crippen molar-refractivity contribution in [3.8, 4) is 5.75 Å². The molecule has 1 aromatic rings. The normalized spacial score (nSPS) is 11.6. The minimum atomic E-state index is -1.05. The first kappa shape index (κ1) is 14.2. The van der Waals surface area contributed by atoms with Crippen LogP contribution in [-0.4, -0.2) is 30.1 Å². The van der Waals surface area contributed by atoms with Crippen LogP contribution in [0.5, 0.6) is 5.75 Å². The van der Waals surface area contributed by atoms with Gasteiger partial charge in [-0.3, -0.25) is 4.79 Å². The van der Waals surface area contributed by atoms with Crippen LogP contribution in [0.15, 0.2) is 24.1 Å². The summed E-state index contributed by atoms with van der Waals surface area (Å²) in [4.78, 5) is 23.3. The number of carbonyl (C=O) groups is 2. The van der Waals surface area contributed by atoms with Crippen LogP contribution in [0.4, 0.5) is 0 Å². The Hall–Kier alpha value is -1.82. The van der Waals surface area contributed by atoms with Gasteiger partial charge in [0, 0.05) is 0 Å². The highest BCUT2D eigenvalue weighted by Crippen LogP contribution is 2.24. The van der Waals surface area contributed by atoms with Crippen molar-refractivity contribution in [2.45, 2.75) is 18.9 Å². The number of allylic oxidation sites excluding steroid dienone is 1. The molecule has 0 radical (unpaired) electrons. The second-order valence-electron chi connectivity index (χ2n) is 3.55. The third kappa shape index (κ3) is 3.59. The van der Waals surface area contributed by atoms with Crippen molar-refractivity contribution in [1.29, 1.82) is 0 Å². The zero-order valence-electron chi connectivity index (χ0n) is 10.0. The molecule has 0 saturated carbocycles. The van der Waals surface area contributed by atoms with Gasteiger partial charge in [-0.25, -0.2) is 4.79 Å². The predicted octanol–water partition coefficient (Wildman–Crippen LogP) is 1.91. The second-order valence-corrected chi connectivity index (χ2v) is 4.46. The Bertz CT molecular complexity index is 441. The first-order valence-corrected chi connectivity index (χ1v) is 6.24. The van der Waals surface area contributed by atoms with E-state index in [0.717, 1.165) is 0 Å². The van der Waals surface area contributed by atoms with Gasteiger partial charge in [-0.1, -0.05) is 6.08 Å². The van der Waals surface area contributed by atoms with Crippen molar-refractivity contribution in [3.63, 3.8) is 0 Å².